The normalized spacial score (nSPS) is 27.5. The average Bonchev–Trinajstić information content (AvgIpc) is 3.13. The van der Waals surface area contributed by atoms with E-state index in [0.717, 1.165) is 38.5 Å². The number of hydrogen-bond acceptors (Lipinski definition) is 5. The highest BCUT2D eigenvalue weighted by molar-refractivity contribution is 7.91. The van der Waals surface area contributed by atoms with Gasteiger partial charge in [0.25, 0.3) is 0 Å². The quantitative estimate of drug-likeness (QED) is 0.276. The molecule has 4 aliphatic rings. The molecule has 2 aliphatic heterocycles. The minimum atomic E-state index is -0.858. The lowest BCUT2D eigenvalue weighted by atomic mass is 9.91. The Bertz CT molecular complexity index is 659. The molecule has 1 spiro atoms. The molecule has 0 aromatic heterocycles. The SMILES string of the molecule is O=CN(O)CC(CC1CCCC1)C(=O)N1CC2(CC2)CC1C(=O)N1CC[S+]([O-])CC1. The minimum Gasteiger partial charge on any atom is -0.616 e. The summed E-state index contributed by atoms with van der Waals surface area (Å²) in [5.74, 6) is 0.815. The van der Waals surface area contributed by atoms with E-state index in [4.69, 9.17) is 0 Å². The molecule has 3 amide bonds. The minimum absolute atomic E-state index is 0.0219. The number of hydroxylamine groups is 2. The van der Waals surface area contributed by atoms with Crippen LogP contribution in [0.25, 0.3) is 0 Å². The average molecular weight is 440 g/mol. The van der Waals surface area contributed by atoms with Crippen LogP contribution in [0.5, 0.6) is 0 Å². The lowest BCUT2D eigenvalue weighted by Crippen LogP contribution is -2.53. The topological polar surface area (TPSA) is 104 Å². The zero-order chi connectivity index (χ0) is 21.3. The van der Waals surface area contributed by atoms with Crippen molar-refractivity contribution in [1.29, 1.82) is 0 Å². The lowest BCUT2D eigenvalue weighted by Gasteiger charge is -2.34. The number of likely N-dealkylation sites (tertiary alicyclic amines) is 1. The molecule has 0 aromatic carbocycles. The zero-order valence-corrected chi connectivity index (χ0v) is 18.4. The number of carbonyl (C=O) groups excluding carboxylic acids is 3. The molecule has 2 atom stereocenters. The fraction of sp³-hybridized carbons (Fsp3) is 0.857. The van der Waals surface area contributed by atoms with Gasteiger partial charge in [-0.15, -0.1) is 0 Å². The molecule has 8 nitrogen and oxygen atoms in total. The second-order valence-corrected chi connectivity index (χ2v) is 11.4. The van der Waals surface area contributed by atoms with Crippen LogP contribution in [0.4, 0.5) is 0 Å². The van der Waals surface area contributed by atoms with Crippen LogP contribution < -0.4 is 0 Å². The van der Waals surface area contributed by atoms with E-state index in [0.29, 0.717) is 61.4 Å². The molecule has 0 radical (unpaired) electrons. The molecule has 0 bridgehead atoms. The molecule has 0 aromatic rings. The van der Waals surface area contributed by atoms with Crippen molar-refractivity contribution in [3.05, 3.63) is 0 Å². The van der Waals surface area contributed by atoms with Gasteiger partial charge < -0.3 is 14.4 Å². The molecule has 2 aliphatic carbocycles. The highest BCUT2D eigenvalue weighted by Crippen LogP contribution is 2.55. The molecule has 168 valence electrons. The Labute approximate surface area is 181 Å². The first kappa shape index (κ1) is 21.9. The van der Waals surface area contributed by atoms with Gasteiger partial charge in [-0.25, -0.2) is 5.06 Å². The third kappa shape index (κ3) is 4.78. The molecule has 4 fully saturated rings. The molecular formula is C21H33N3O5S. The van der Waals surface area contributed by atoms with Gasteiger partial charge >= 0.3 is 0 Å². The Morgan fingerprint density at radius 3 is 2.50 bits per heavy atom. The molecule has 2 saturated heterocycles. The van der Waals surface area contributed by atoms with Crippen LogP contribution in [0, 0.1) is 17.3 Å². The standard InChI is InChI=1S/C21H33N3O5S/c25-15-23(28)13-17(11-16-3-1-2-4-16)19(26)24-14-21(5-6-21)12-18(24)20(27)22-7-9-30(29)10-8-22/h15-18,28H,1-14H2. The Morgan fingerprint density at radius 2 is 1.90 bits per heavy atom. The summed E-state index contributed by atoms with van der Waals surface area (Å²) in [7, 11) is 0. The van der Waals surface area contributed by atoms with Crippen LogP contribution in [0.2, 0.25) is 0 Å². The molecule has 2 unspecified atom stereocenters. The number of nitrogens with zero attached hydrogens (tertiary/aromatic N) is 3. The number of carbonyl (C=O) groups is 3. The van der Waals surface area contributed by atoms with E-state index in [1.54, 1.807) is 9.80 Å². The van der Waals surface area contributed by atoms with Gasteiger partial charge in [0, 0.05) is 6.54 Å². The van der Waals surface area contributed by atoms with Gasteiger partial charge in [-0.05, 0) is 37.0 Å². The number of hydrogen-bond donors (Lipinski definition) is 1. The van der Waals surface area contributed by atoms with Crippen LogP contribution in [0.1, 0.15) is 51.4 Å². The second kappa shape index (κ2) is 9.04. The summed E-state index contributed by atoms with van der Waals surface area (Å²) in [6, 6.07) is -0.471. The van der Waals surface area contributed by atoms with Crippen LogP contribution in [-0.2, 0) is 25.6 Å². The first-order chi connectivity index (χ1) is 14.4. The van der Waals surface area contributed by atoms with Crippen molar-refractivity contribution in [1.82, 2.24) is 14.9 Å². The third-order valence-electron chi connectivity index (χ3n) is 7.49. The molecule has 1 N–H and O–H groups in total. The molecule has 30 heavy (non-hydrogen) atoms. The third-order valence-corrected chi connectivity index (χ3v) is 8.77. The largest absolute Gasteiger partial charge is 0.616 e. The summed E-state index contributed by atoms with van der Waals surface area (Å²) in [6.07, 6.45) is 8.24. The molecular weight excluding hydrogens is 406 g/mol. The van der Waals surface area contributed by atoms with E-state index in [-0.39, 0.29) is 23.8 Å². The Balaban J connectivity index is 1.49. The summed E-state index contributed by atoms with van der Waals surface area (Å²) >= 11 is -0.858. The van der Waals surface area contributed by atoms with Crippen LogP contribution in [-0.4, -0.2) is 86.6 Å². The monoisotopic (exact) mass is 439 g/mol. The summed E-state index contributed by atoms with van der Waals surface area (Å²) < 4.78 is 11.7. The van der Waals surface area contributed by atoms with Gasteiger partial charge in [-0.2, -0.15) is 0 Å². The fourth-order valence-electron chi connectivity index (χ4n) is 5.52. The Kier molecular flexibility index (Phi) is 6.60. The summed E-state index contributed by atoms with van der Waals surface area (Å²) in [5.41, 5.74) is 0.0655. The van der Waals surface area contributed by atoms with E-state index in [1.807, 2.05) is 0 Å². The smallest absolute Gasteiger partial charge is 0.245 e. The van der Waals surface area contributed by atoms with Crippen LogP contribution in [0.15, 0.2) is 0 Å². The predicted molar refractivity (Wildman–Crippen MR) is 111 cm³/mol. The number of amides is 3. The van der Waals surface area contributed by atoms with Gasteiger partial charge in [0.05, 0.1) is 25.6 Å². The molecule has 2 heterocycles. The maximum absolute atomic E-state index is 13.6. The van der Waals surface area contributed by atoms with E-state index < -0.39 is 23.1 Å². The second-order valence-electron chi connectivity index (χ2n) is 9.67. The van der Waals surface area contributed by atoms with Crippen molar-refractivity contribution in [2.45, 2.75) is 57.4 Å². The van der Waals surface area contributed by atoms with Crippen molar-refractivity contribution in [2.24, 2.45) is 17.3 Å². The molecule has 4 rings (SSSR count). The summed E-state index contributed by atoms with van der Waals surface area (Å²) in [4.78, 5) is 41.4. The lowest BCUT2D eigenvalue weighted by molar-refractivity contribution is -0.159. The van der Waals surface area contributed by atoms with E-state index >= 15 is 0 Å². The maximum atomic E-state index is 13.6. The van der Waals surface area contributed by atoms with Crippen molar-refractivity contribution in [3.63, 3.8) is 0 Å². The van der Waals surface area contributed by atoms with Gasteiger partial charge in [0.1, 0.15) is 17.5 Å². The van der Waals surface area contributed by atoms with Gasteiger partial charge in [-0.1, -0.05) is 36.9 Å². The van der Waals surface area contributed by atoms with Gasteiger partial charge in [0.15, 0.2) is 0 Å². The first-order valence-corrected chi connectivity index (χ1v) is 12.7. The first-order valence-electron chi connectivity index (χ1n) is 11.3. The van der Waals surface area contributed by atoms with Crippen molar-refractivity contribution < 1.29 is 24.1 Å². The van der Waals surface area contributed by atoms with E-state index in [1.165, 1.54) is 0 Å². The van der Waals surface area contributed by atoms with Crippen molar-refractivity contribution in [3.8, 4) is 0 Å². The van der Waals surface area contributed by atoms with Gasteiger partial charge in [-0.3, -0.25) is 19.6 Å². The number of rotatable bonds is 7. The van der Waals surface area contributed by atoms with Crippen LogP contribution in [0.3, 0.4) is 0 Å². The predicted octanol–water partition coefficient (Wildman–Crippen LogP) is 1.00. The van der Waals surface area contributed by atoms with Crippen molar-refractivity contribution in [2.75, 3.05) is 37.7 Å². The van der Waals surface area contributed by atoms with E-state index in [2.05, 4.69) is 0 Å². The highest BCUT2D eigenvalue weighted by atomic mass is 32.2. The van der Waals surface area contributed by atoms with Gasteiger partial charge in [0.2, 0.25) is 18.2 Å². The Hall–Kier alpha value is -1.32. The summed E-state index contributed by atoms with van der Waals surface area (Å²) in [6.45, 7) is 1.54. The summed E-state index contributed by atoms with van der Waals surface area (Å²) in [5, 5.41) is 10.4. The highest BCUT2D eigenvalue weighted by Gasteiger charge is 2.56. The van der Waals surface area contributed by atoms with Crippen LogP contribution >= 0.6 is 0 Å². The Morgan fingerprint density at radius 1 is 1.23 bits per heavy atom. The van der Waals surface area contributed by atoms with E-state index in [9.17, 15) is 24.1 Å². The van der Waals surface area contributed by atoms with Crippen molar-refractivity contribution >= 4 is 29.4 Å². The fourth-order valence-corrected chi connectivity index (χ4v) is 6.57. The zero-order valence-electron chi connectivity index (χ0n) is 17.5. The maximum Gasteiger partial charge on any atom is 0.245 e. The molecule has 9 heteroatoms. The molecule has 2 saturated carbocycles.